The number of rotatable bonds is 3. The van der Waals surface area contributed by atoms with E-state index in [0.29, 0.717) is 11.4 Å². The van der Waals surface area contributed by atoms with E-state index < -0.39 is 0 Å². The lowest BCUT2D eigenvalue weighted by molar-refractivity contribution is 0.439. The number of aromatic nitrogens is 4. The summed E-state index contributed by atoms with van der Waals surface area (Å²) in [4.78, 5) is 8.74. The number of hydrogen-bond acceptors (Lipinski definition) is 5. The maximum Gasteiger partial charge on any atom is 0.150 e. The Labute approximate surface area is 117 Å². The summed E-state index contributed by atoms with van der Waals surface area (Å²) < 4.78 is 1.97. The van der Waals surface area contributed by atoms with E-state index in [4.69, 9.17) is 5.26 Å². The minimum atomic E-state index is 0.232. The summed E-state index contributed by atoms with van der Waals surface area (Å²) in [5, 5.41) is 16.9. The number of nitrogens with one attached hydrogen (secondary N) is 1. The third kappa shape index (κ3) is 2.35. The van der Waals surface area contributed by atoms with Crippen molar-refractivity contribution in [1.82, 2.24) is 19.7 Å². The molecule has 102 valence electrons. The second-order valence-corrected chi connectivity index (χ2v) is 4.87. The van der Waals surface area contributed by atoms with Crippen molar-refractivity contribution in [3.8, 4) is 6.07 Å². The van der Waals surface area contributed by atoms with Crippen molar-refractivity contribution in [3.63, 3.8) is 0 Å². The first-order valence-corrected chi connectivity index (χ1v) is 6.84. The lowest BCUT2D eigenvalue weighted by Crippen LogP contribution is -2.32. The number of nitrogens with zero attached hydrogens (tertiary/aromatic N) is 5. The summed E-state index contributed by atoms with van der Waals surface area (Å²) in [6.07, 6.45) is 4.43. The average molecular weight is 268 g/mol. The molecule has 0 radical (unpaired) electrons. The van der Waals surface area contributed by atoms with E-state index >= 15 is 0 Å². The molecule has 0 aliphatic carbocycles. The molecule has 1 N–H and O–H groups in total. The fourth-order valence-corrected chi connectivity index (χ4v) is 2.43. The molecule has 3 heterocycles. The van der Waals surface area contributed by atoms with Crippen LogP contribution in [0.4, 0.5) is 5.82 Å². The number of nitriles is 1. The SMILES string of the molecule is CCc1nc2n(n1)C[C@@H](Nc1ncccc1C#N)CC2. The molecule has 2 aromatic rings. The predicted octanol–water partition coefficient (Wildman–Crippen LogP) is 1.53. The van der Waals surface area contributed by atoms with Gasteiger partial charge < -0.3 is 5.32 Å². The molecule has 0 bridgehead atoms. The number of aryl methyl sites for hydroxylation is 2. The Bertz CT molecular complexity index is 654. The minimum Gasteiger partial charge on any atom is -0.364 e. The van der Waals surface area contributed by atoms with Gasteiger partial charge in [0.2, 0.25) is 0 Å². The Kier molecular flexibility index (Phi) is 3.33. The maximum atomic E-state index is 9.08. The number of fused-ring (bicyclic) bond motifs is 1. The minimum absolute atomic E-state index is 0.232. The standard InChI is InChI=1S/C14H16N6/c1-2-12-18-13-6-5-11(9-20(13)19-12)17-14-10(8-15)4-3-7-16-14/h3-4,7,11H,2,5-6,9H2,1H3,(H,16,17)/t11-/m0/s1. The van der Waals surface area contributed by atoms with Crippen LogP contribution in [0, 0.1) is 11.3 Å². The van der Waals surface area contributed by atoms with Gasteiger partial charge in [0.1, 0.15) is 17.7 Å². The van der Waals surface area contributed by atoms with E-state index in [1.807, 2.05) is 4.68 Å². The Morgan fingerprint density at radius 2 is 2.45 bits per heavy atom. The van der Waals surface area contributed by atoms with Crippen molar-refractivity contribution >= 4 is 5.82 Å². The monoisotopic (exact) mass is 268 g/mol. The lowest BCUT2D eigenvalue weighted by Gasteiger charge is -2.24. The van der Waals surface area contributed by atoms with Crippen molar-refractivity contribution in [2.45, 2.75) is 38.8 Å². The summed E-state index contributed by atoms with van der Waals surface area (Å²) in [6, 6.07) is 5.93. The van der Waals surface area contributed by atoms with Crippen LogP contribution < -0.4 is 5.32 Å². The molecule has 0 saturated heterocycles. The third-order valence-corrected chi connectivity index (χ3v) is 3.49. The zero-order chi connectivity index (χ0) is 13.9. The third-order valence-electron chi connectivity index (χ3n) is 3.49. The maximum absolute atomic E-state index is 9.08. The quantitative estimate of drug-likeness (QED) is 0.913. The fraction of sp³-hybridized carbons (Fsp3) is 0.429. The van der Waals surface area contributed by atoms with Crippen LogP contribution in [0.3, 0.4) is 0 Å². The second kappa shape index (κ2) is 5.29. The first-order chi connectivity index (χ1) is 9.80. The van der Waals surface area contributed by atoms with Crippen molar-refractivity contribution in [1.29, 1.82) is 5.26 Å². The van der Waals surface area contributed by atoms with Gasteiger partial charge in [0.05, 0.1) is 12.1 Å². The molecule has 1 aliphatic rings. The second-order valence-electron chi connectivity index (χ2n) is 4.87. The van der Waals surface area contributed by atoms with Crippen molar-refractivity contribution in [2.75, 3.05) is 5.32 Å². The van der Waals surface area contributed by atoms with Crippen molar-refractivity contribution in [3.05, 3.63) is 35.5 Å². The first-order valence-electron chi connectivity index (χ1n) is 6.84. The van der Waals surface area contributed by atoms with E-state index in [1.54, 1.807) is 18.3 Å². The molecule has 0 aromatic carbocycles. The highest BCUT2D eigenvalue weighted by Crippen LogP contribution is 2.18. The zero-order valence-electron chi connectivity index (χ0n) is 11.4. The molecule has 3 rings (SSSR count). The summed E-state index contributed by atoms with van der Waals surface area (Å²) in [7, 11) is 0. The van der Waals surface area contributed by atoms with E-state index in [9.17, 15) is 0 Å². The number of hydrogen-bond donors (Lipinski definition) is 1. The molecule has 1 atom stereocenters. The lowest BCUT2D eigenvalue weighted by atomic mass is 10.1. The molecular weight excluding hydrogens is 252 g/mol. The first kappa shape index (κ1) is 12.6. The van der Waals surface area contributed by atoms with Crippen LogP contribution in [0.25, 0.3) is 0 Å². The van der Waals surface area contributed by atoms with Gasteiger partial charge in [-0.3, -0.25) is 0 Å². The summed E-state index contributed by atoms with van der Waals surface area (Å²) in [5.41, 5.74) is 0.575. The molecule has 6 nitrogen and oxygen atoms in total. The van der Waals surface area contributed by atoms with Gasteiger partial charge in [-0.1, -0.05) is 6.92 Å². The molecule has 0 saturated carbocycles. The van der Waals surface area contributed by atoms with Crippen LogP contribution in [-0.2, 0) is 19.4 Å². The highest BCUT2D eigenvalue weighted by molar-refractivity contribution is 5.51. The van der Waals surface area contributed by atoms with Crippen LogP contribution >= 0.6 is 0 Å². The van der Waals surface area contributed by atoms with E-state index in [2.05, 4.69) is 33.4 Å². The summed E-state index contributed by atoms with van der Waals surface area (Å²) in [6.45, 7) is 2.83. The molecule has 1 aliphatic heterocycles. The fourth-order valence-electron chi connectivity index (χ4n) is 2.43. The van der Waals surface area contributed by atoms with Gasteiger partial charge in [0.15, 0.2) is 5.82 Å². The average Bonchev–Trinajstić information content (AvgIpc) is 2.90. The van der Waals surface area contributed by atoms with Crippen molar-refractivity contribution in [2.24, 2.45) is 0 Å². The summed E-state index contributed by atoms with van der Waals surface area (Å²) >= 11 is 0. The van der Waals surface area contributed by atoms with Gasteiger partial charge in [0, 0.05) is 25.1 Å². The Balaban J connectivity index is 1.76. The Morgan fingerprint density at radius 1 is 1.55 bits per heavy atom. The van der Waals surface area contributed by atoms with Gasteiger partial charge >= 0.3 is 0 Å². The molecule has 0 amide bonds. The van der Waals surface area contributed by atoms with Crippen LogP contribution in [0.15, 0.2) is 18.3 Å². The van der Waals surface area contributed by atoms with E-state index in [1.165, 1.54) is 0 Å². The topological polar surface area (TPSA) is 79.4 Å². The normalized spacial score (nSPS) is 17.3. The predicted molar refractivity (Wildman–Crippen MR) is 74.1 cm³/mol. The zero-order valence-corrected chi connectivity index (χ0v) is 11.4. The smallest absolute Gasteiger partial charge is 0.150 e. The van der Waals surface area contributed by atoms with Crippen LogP contribution in [0.5, 0.6) is 0 Å². The van der Waals surface area contributed by atoms with Crippen LogP contribution in [0.2, 0.25) is 0 Å². The van der Waals surface area contributed by atoms with Crippen molar-refractivity contribution < 1.29 is 0 Å². The molecule has 20 heavy (non-hydrogen) atoms. The van der Waals surface area contributed by atoms with Gasteiger partial charge in [-0.15, -0.1) is 0 Å². The highest BCUT2D eigenvalue weighted by atomic mass is 15.4. The Hall–Kier alpha value is -2.42. The molecule has 0 fully saturated rings. The van der Waals surface area contributed by atoms with Gasteiger partial charge in [-0.2, -0.15) is 10.4 Å². The molecular formula is C14H16N6. The largest absolute Gasteiger partial charge is 0.364 e. The van der Waals surface area contributed by atoms with Crippen LogP contribution in [-0.4, -0.2) is 25.8 Å². The molecule has 0 spiro atoms. The molecule has 6 heteroatoms. The van der Waals surface area contributed by atoms with Gasteiger partial charge in [-0.05, 0) is 18.6 Å². The number of pyridine rings is 1. The number of anilines is 1. The van der Waals surface area contributed by atoms with E-state index in [0.717, 1.165) is 37.5 Å². The van der Waals surface area contributed by atoms with Crippen LogP contribution in [0.1, 0.15) is 30.6 Å². The van der Waals surface area contributed by atoms with Gasteiger partial charge in [0.25, 0.3) is 0 Å². The highest BCUT2D eigenvalue weighted by Gasteiger charge is 2.22. The van der Waals surface area contributed by atoms with E-state index in [-0.39, 0.29) is 6.04 Å². The Morgan fingerprint density at radius 3 is 3.25 bits per heavy atom. The molecule has 2 aromatic heterocycles. The summed E-state index contributed by atoms with van der Waals surface area (Å²) in [5.74, 6) is 2.61. The van der Waals surface area contributed by atoms with Gasteiger partial charge in [-0.25, -0.2) is 14.6 Å². The molecule has 0 unspecified atom stereocenters.